The minimum absolute atomic E-state index is 0.00375. The number of hydrogen-bond donors (Lipinski definition) is 0. The van der Waals surface area contributed by atoms with Crippen LogP contribution in [0.3, 0.4) is 0 Å². The Balaban J connectivity index is 1.83. The third kappa shape index (κ3) is 4.47. The average Bonchev–Trinajstić information content (AvgIpc) is 2.45. The molecule has 1 aliphatic rings. The largest absolute Gasteiger partial charge is 0.390 e. The fourth-order valence-electron chi connectivity index (χ4n) is 1.96. The number of benzene rings is 1. The van der Waals surface area contributed by atoms with Crippen LogP contribution in [0.5, 0.6) is 0 Å². The lowest BCUT2D eigenvalue weighted by molar-refractivity contribution is 0.130. The molecule has 0 N–H and O–H groups in total. The Morgan fingerprint density at radius 2 is 2.21 bits per heavy atom. The third-order valence-electron chi connectivity index (χ3n) is 2.98. The predicted octanol–water partition coefficient (Wildman–Crippen LogP) is 4.50. The zero-order valence-corrected chi connectivity index (χ0v) is 10.6. The molecule has 0 unspecified atom stereocenters. The van der Waals surface area contributed by atoms with Crippen molar-refractivity contribution in [3.8, 4) is 0 Å². The highest BCUT2D eigenvalue weighted by Crippen LogP contribution is 2.20. The molecule has 0 heterocycles. The van der Waals surface area contributed by atoms with Gasteiger partial charge in [-0.2, -0.15) is 0 Å². The lowest BCUT2D eigenvalue weighted by atomic mass is 10.0. The lowest BCUT2D eigenvalue weighted by Crippen LogP contribution is -1.94. The van der Waals surface area contributed by atoms with Crippen molar-refractivity contribution < 1.29 is 13.6 Å². The SMILES string of the molecule is FC(F)c1cccc(CO/N=[C]\C2=CCCCC2)c1. The van der Waals surface area contributed by atoms with Crippen molar-refractivity contribution in [2.45, 2.75) is 38.7 Å². The minimum Gasteiger partial charge on any atom is -0.390 e. The molecule has 0 spiro atoms. The van der Waals surface area contributed by atoms with E-state index in [9.17, 15) is 8.78 Å². The van der Waals surface area contributed by atoms with Crippen LogP contribution in [0.2, 0.25) is 0 Å². The van der Waals surface area contributed by atoms with E-state index in [4.69, 9.17) is 4.84 Å². The molecule has 19 heavy (non-hydrogen) atoms. The summed E-state index contributed by atoms with van der Waals surface area (Å²) < 4.78 is 25.0. The smallest absolute Gasteiger partial charge is 0.263 e. The van der Waals surface area contributed by atoms with Crippen LogP contribution in [0.1, 0.15) is 43.2 Å². The molecular weight excluding hydrogens is 248 g/mol. The molecular formula is C15H16F2NO. The van der Waals surface area contributed by atoms with Crippen molar-refractivity contribution >= 4 is 6.21 Å². The average molecular weight is 264 g/mol. The second kappa shape index (κ2) is 7.02. The monoisotopic (exact) mass is 264 g/mol. The summed E-state index contributed by atoms with van der Waals surface area (Å²) in [6.07, 6.45) is 6.91. The number of alkyl halides is 2. The van der Waals surface area contributed by atoms with Gasteiger partial charge in [0, 0.05) is 5.56 Å². The van der Waals surface area contributed by atoms with Crippen molar-refractivity contribution in [2.24, 2.45) is 5.16 Å². The summed E-state index contributed by atoms with van der Waals surface area (Å²) in [4.78, 5) is 5.09. The molecule has 2 rings (SSSR count). The molecule has 1 aromatic carbocycles. The van der Waals surface area contributed by atoms with Crippen molar-refractivity contribution in [3.05, 3.63) is 47.0 Å². The first-order chi connectivity index (χ1) is 9.25. The molecule has 1 aliphatic carbocycles. The first-order valence-corrected chi connectivity index (χ1v) is 6.40. The number of rotatable bonds is 5. The summed E-state index contributed by atoms with van der Waals surface area (Å²) in [6, 6.07) is 6.16. The Bertz CT molecular complexity index is 469. The van der Waals surface area contributed by atoms with Crippen molar-refractivity contribution in [2.75, 3.05) is 0 Å². The fraction of sp³-hybridized carbons (Fsp3) is 0.400. The first-order valence-electron chi connectivity index (χ1n) is 6.40. The molecule has 0 bridgehead atoms. The van der Waals surface area contributed by atoms with Crippen molar-refractivity contribution in [1.29, 1.82) is 0 Å². The molecule has 0 aromatic heterocycles. The summed E-state index contributed by atoms with van der Waals surface area (Å²) in [5.41, 5.74) is 1.75. The van der Waals surface area contributed by atoms with Gasteiger partial charge in [-0.1, -0.05) is 29.4 Å². The molecule has 0 saturated heterocycles. The van der Waals surface area contributed by atoms with E-state index in [0.29, 0.717) is 5.56 Å². The molecule has 0 atom stereocenters. The summed E-state index contributed by atoms with van der Waals surface area (Å²) in [7, 11) is 0. The van der Waals surface area contributed by atoms with E-state index in [0.717, 1.165) is 24.8 Å². The molecule has 101 valence electrons. The first kappa shape index (κ1) is 13.7. The summed E-state index contributed by atoms with van der Waals surface area (Å²) in [5.74, 6) is 0. The van der Waals surface area contributed by atoms with Gasteiger partial charge in [0.15, 0.2) is 0 Å². The quantitative estimate of drug-likeness (QED) is 0.566. The molecule has 4 heteroatoms. The van der Waals surface area contributed by atoms with Gasteiger partial charge in [-0.15, -0.1) is 0 Å². The second-order valence-corrected chi connectivity index (χ2v) is 4.50. The van der Waals surface area contributed by atoms with Crippen molar-refractivity contribution in [1.82, 2.24) is 0 Å². The standard InChI is InChI=1S/C15H16F2NO/c16-15(17)14-8-4-7-13(9-14)11-19-18-10-12-5-2-1-3-6-12/h4-5,7-9,15H,1-3,6,11H2. The zero-order chi connectivity index (χ0) is 13.5. The van der Waals surface area contributed by atoms with Crippen LogP contribution in [0.4, 0.5) is 8.78 Å². The molecule has 0 saturated carbocycles. The van der Waals surface area contributed by atoms with Gasteiger partial charge in [0.05, 0.1) is 0 Å². The van der Waals surface area contributed by atoms with Gasteiger partial charge in [-0.05, 0) is 42.9 Å². The molecule has 2 nitrogen and oxygen atoms in total. The molecule has 0 amide bonds. The van der Waals surface area contributed by atoms with Gasteiger partial charge in [0.25, 0.3) is 6.43 Å². The van der Waals surface area contributed by atoms with E-state index in [1.165, 1.54) is 18.6 Å². The van der Waals surface area contributed by atoms with Crippen molar-refractivity contribution in [3.63, 3.8) is 0 Å². The van der Waals surface area contributed by atoms with E-state index >= 15 is 0 Å². The maximum atomic E-state index is 12.5. The Labute approximate surface area is 111 Å². The summed E-state index contributed by atoms with van der Waals surface area (Å²) in [6.45, 7) is 0.181. The van der Waals surface area contributed by atoms with Crippen LogP contribution >= 0.6 is 0 Å². The second-order valence-electron chi connectivity index (χ2n) is 4.50. The summed E-state index contributed by atoms with van der Waals surface area (Å²) >= 11 is 0. The van der Waals surface area contributed by atoms with Gasteiger partial charge < -0.3 is 4.84 Å². The highest BCUT2D eigenvalue weighted by molar-refractivity contribution is 5.78. The fourth-order valence-corrected chi connectivity index (χ4v) is 1.96. The van der Waals surface area contributed by atoms with Crippen LogP contribution in [0, 0.1) is 0 Å². The topological polar surface area (TPSA) is 21.6 Å². The maximum Gasteiger partial charge on any atom is 0.263 e. The van der Waals surface area contributed by atoms with Gasteiger partial charge in [0.1, 0.15) is 12.8 Å². The van der Waals surface area contributed by atoms with Gasteiger partial charge in [-0.25, -0.2) is 8.78 Å². The summed E-state index contributed by atoms with van der Waals surface area (Å²) in [5, 5.41) is 3.76. The van der Waals surface area contributed by atoms with Crippen LogP contribution < -0.4 is 0 Å². The molecule has 1 radical (unpaired) electrons. The number of allylic oxidation sites excluding steroid dienone is 2. The molecule has 0 aliphatic heterocycles. The zero-order valence-electron chi connectivity index (χ0n) is 10.6. The van der Waals surface area contributed by atoms with Crippen LogP contribution in [0.15, 0.2) is 41.1 Å². The molecule has 1 aromatic rings. The Kier molecular flexibility index (Phi) is 5.07. The number of nitrogens with zero attached hydrogens (tertiary/aromatic N) is 1. The lowest BCUT2D eigenvalue weighted by Gasteiger charge is -2.07. The van der Waals surface area contributed by atoms with Gasteiger partial charge >= 0.3 is 0 Å². The van der Waals surface area contributed by atoms with Gasteiger partial charge in [0.2, 0.25) is 0 Å². The highest BCUT2D eigenvalue weighted by Gasteiger charge is 2.07. The highest BCUT2D eigenvalue weighted by atomic mass is 19.3. The molecule has 0 fully saturated rings. The third-order valence-corrected chi connectivity index (χ3v) is 2.98. The Hall–Kier alpha value is -1.71. The Morgan fingerprint density at radius 1 is 1.32 bits per heavy atom. The van der Waals surface area contributed by atoms with E-state index < -0.39 is 6.43 Å². The van der Waals surface area contributed by atoms with E-state index in [2.05, 4.69) is 17.4 Å². The van der Waals surface area contributed by atoms with Crippen LogP contribution in [-0.4, -0.2) is 6.21 Å². The normalized spacial score (nSPS) is 15.8. The van der Waals surface area contributed by atoms with Crippen LogP contribution in [0.25, 0.3) is 0 Å². The number of hydrogen-bond acceptors (Lipinski definition) is 2. The number of halogens is 2. The van der Waals surface area contributed by atoms with Gasteiger partial charge in [-0.3, -0.25) is 0 Å². The minimum atomic E-state index is -2.46. The predicted molar refractivity (Wildman–Crippen MR) is 70.2 cm³/mol. The van der Waals surface area contributed by atoms with Crippen LogP contribution in [-0.2, 0) is 11.4 Å². The Morgan fingerprint density at radius 3 is 2.95 bits per heavy atom. The van der Waals surface area contributed by atoms with E-state index in [1.54, 1.807) is 12.1 Å². The van der Waals surface area contributed by atoms with E-state index in [1.807, 2.05) is 0 Å². The van der Waals surface area contributed by atoms with E-state index in [-0.39, 0.29) is 12.2 Å². The maximum absolute atomic E-state index is 12.5.